The Morgan fingerprint density at radius 2 is 1.81 bits per heavy atom. The number of para-hydroxylation sites is 1. The monoisotopic (exact) mass is 415 g/mol. The number of Topliss-reactive ketones (excluding diaryl/α,β-unsaturated/α-hetero) is 1. The molecule has 1 heterocycles. The van der Waals surface area contributed by atoms with Gasteiger partial charge in [-0.3, -0.25) is 9.59 Å². The Balaban J connectivity index is 1.77. The summed E-state index contributed by atoms with van der Waals surface area (Å²) < 4.78 is 6.24. The second-order valence-corrected chi connectivity index (χ2v) is 7.00. The molecule has 2 aromatic carbocycles. The molecule has 0 spiro atoms. The molecule has 26 heavy (non-hydrogen) atoms. The molecular formula is C20H18BrNO4. The van der Waals surface area contributed by atoms with Gasteiger partial charge in [0.05, 0.1) is 11.3 Å². The van der Waals surface area contributed by atoms with Crippen LogP contribution in [0.2, 0.25) is 0 Å². The van der Waals surface area contributed by atoms with E-state index < -0.39 is 12.1 Å². The summed E-state index contributed by atoms with van der Waals surface area (Å²) >= 11 is 3.32. The Morgan fingerprint density at radius 1 is 1.12 bits per heavy atom. The number of anilines is 1. The first-order chi connectivity index (χ1) is 12.5. The van der Waals surface area contributed by atoms with Crippen LogP contribution in [0.4, 0.5) is 5.69 Å². The molecule has 3 rings (SSSR count). The number of esters is 1. The van der Waals surface area contributed by atoms with Crippen LogP contribution < -0.4 is 4.90 Å². The van der Waals surface area contributed by atoms with E-state index in [1.54, 1.807) is 60.4 Å². The van der Waals surface area contributed by atoms with Gasteiger partial charge in [0, 0.05) is 23.0 Å². The van der Waals surface area contributed by atoms with Gasteiger partial charge in [-0.15, -0.1) is 0 Å². The molecule has 5 nitrogen and oxygen atoms in total. The lowest BCUT2D eigenvalue weighted by Crippen LogP contribution is -2.28. The van der Waals surface area contributed by atoms with E-state index in [4.69, 9.17) is 4.74 Å². The first-order valence-corrected chi connectivity index (χ1v) is 9.17. The van der Waals surface area contributed by atoms with Gasteiger partial charge in [-0.2, -0.15) is 0 Å². The first-order valence-electron chi connectivity index (χ1n) is 8.37. The van der Waals surface area contributed by atoms with E-state index in [9.17, 15) is 14.4 Å². The molecule has 134 valence electrons. The van der Waals surface area contributed by atoms with E-state index in [2.05, 4.69) is 15.9 Å². The number of amides is 1. The molecule has 6 heteroatoms. The molecule has 1 aliphatic rings. The molecule has 1 atom stereocenters. The van der Waals surface area contributed by atoms with Gasteiger partial charge in [-0.1, -0.05) is 40.2 Å². The van der Waals surface area contributed by atoms with Crippen LogP contribution in [0.5, 0.6) is 0 Å². The van der Waals surface area contributed by atoms with E-state index in [1.807, 2.05) is 0 Å². The molecule has 1 amide bonds. The lowest BCUT2D eigenvalue weighted by atomic mass is 10.1. The van der Waals surface area contributed by atoms with E-state index in [0.29, 0.717) is 29.8 Å². The average molecular weight is 416 g/mol. The smallest absolute Gasteiger partial charge is 0.340 e. The van der Waals surface area contributed by atoms with Crippen molar-refractivity contribution in [2.24, 2.45) is 0 Å². The van der Waals surface area contributed by atoms with Crippen molar-refractivity contribution < 1.29 is 19.1 Å². The number of hydrogen-bond donors (Lipinski definition) is 0. The molecule has 0 aliphatic carbocycles. The maximum atomic E-state index is 12.6. The third-order valence-electron chi connectivity index (χ3n) is 4.27. The molecule has 0 unspecified atom stereocenters. The Kier molecular flexibility index (Phi) is 5.52. The molecule has 0 aromatic heterocycles. The van der Waals surface area contributed by atoms with Gasteiger partial charge in [0.2, 0.25) is 11.7 Å². The van der Waals surface area contributed by atoms with Crippen molar-refractivity contribution in [1.29, 1.82) is 0 Å². The summed E-state index contributed by atoms with van der Waals surface area (Å²) in [6.45, 7) is 2.13. The number of ether oxygens (including phenoxy) is 1. The minimum absolute atomic E-state index is 0.00997. The average Bonchev–Trinajstić information content (AvgIpc) is 3.07. The second-order valence-electron chi connectivity index (χ2n) is 6.08. The highest BCUT2D eigenvalue weighted by molar-refractivity contribution is 9.10. The predicted octanol–water partition coefficient (Wildman–Crippen LogP) is 4.00. The zero-order valence-electron chi connectivity index (χ0n) is 14.3. The minimum Gasteiger partial charge on any atom is -0.451 e. The largest absolute Gasteiger partial charge is 0.451 e. The van der Waals surface area contributed by atoms with Crippen molar-refractivity contribution in [3.63, 3.8) is 0 Å². The lowest BCUT2D eigenvalue weighted by molar-refractivity contribution is -0.117. The van der Waals surface area contributed by atoms with Crippen molar-refractivity contribution in [2.45, 2.75) is 25.9 Å². The van der Waals surface area contributed by atoms with Crippen molar-refractivity contribution in [3.8, 4) is 0 Å². The Bertz CT molecular complexity index is 847. The summed E-state index contributed by atoms with van der Waals surface area (Å²) in [5, 5.41) is 0. The SMILES string of the molecule is C[C@H](OC(=O)c1ccccc1N1CCCC1=O)C(=O)c1ccc(Br)cc1. The standard InChI is InChI=1S/C20H18BrNO4/c1-13(19(24)14-8-10-15(21)11-9-14)26-20(25)16-5-2-3-6-17(16)22-12-4-7-18(22)23/h2-3,5-6,8-11,13H,4,7,12H2,1H3/t13-/m0/s1. The quantitative estimate of drug-likeness (QED) is 0.546. The topological polar surface area (TPSA) is 63.7 Å². The fourth-order valence-corrected chi connectivity index (χ4v) is 3.18. The van der Waals surface area contributed by atoms with Crippen molar-refractivity contribution in [2.75, 3.05) is 11.4 Å². The Labute approximate surface area is 160 Å². The lowest BCUT2D eigenvalue weighted by Gasteiger charge is -2.20. The third kappa shape index (κ3) is 3.85. The fraction of sp³-hybridized carbons (Fsp3) is 0.250. The van der Waals surface area contributed by atoms with Gasteiger partial charge in [0.15, 0.2) is 6.10 Å². The molecule has 1 fully saturated rings. The van der Waals surface area contributed by atoms with Gasteiger partial charge in [-0.05, 0) is 37.6 Å². The number of rotatable bonds is 5. The van der Waals surface area contributed by atoms with Crippen LogP contribution in [0.15, 0.2) is 53.0 Å². The van der Waals surface area contributed by atoms with Crippen LogP contribution in [-0.4, -0.2) is 30.3 Å². The fourth-order valence-electron chi connectivity index (χ4n) is 2.91. The maximum Gasteiger partial charge on any atom is 0.340 e. The zero-order chi connectivity index (χ0) is 18.7. The van der Waals surface area contributed by atoms with E-state index >= 15 is 0 Å². The molecule has 0 bridgehead atoms. The molecule has 2 aromatic rings. The highest BCUT2D eigenvalue weighted by atomic mass is 79.9. The van der Waals surface area contributed by atoms with Gasteiger partial charge in [0.1, 0.15) is 0 Å². The molecule has 1 aliphatic heterocycles. The highest BCUT2D eigenvalue weighted by Gasteiger charge is 2.27. The van der Waals surface area contributed by atoms with Gasteiger partial charge >= 0.3 is 5.97 Å². The van der Waals surface area contributed by atoms with Gasteiger partial charge < -0.3 is 9.64 Å². The van der Waals surface area contributed by atoms with Crippen LogP contribution in [0.3, 0.4) is 0 Å². The number of ketones is 1. The summed E-state index contributed by atoms with van der Waals surface area (Å²) in [6, 6.07) is 13.7. The second kappa shape index (κ2) is 7.83. The molecular weight excluding hydrogens is 398 g/mol. The zero-order valence-corrected chi connectivity index (χ0v) is 15.9. The van der Waals surface area contributed by atoms with Crippen LogP contribution >= 0.6 is 15.9 Å². The predicted molar refractivity (Wildman–Crippen MR) is 101 cm³/mol. The third-order valence-corrected chi connectivity index (χ3v) is 4.80. The summed E-state index contributed by atoms with van der Waals surface area (Å²) in [4.78, 5) is 38.7. The van der Waals surface area contributed by atoms with Gasteiger partial charge in [0.25, 0.3) is 0 Å². The van der Waals surface area contributed by atoms with Crippen molar-refractivity contribution >= 4 is 39.3 Å². The number of carbonyl (C=O) groups is 3. The summed E-state index contributed by atoms with van der Waals surface area (Å²) in [5.41, 5.74) is 1.29. The normalized spacial score (nSPS) is 15.0. The van der Waals surface area contributed by atoms with Crippen LogP contribution in [-0.2, 0) is 9.53 Å². The highest BCUT2D eigenvalue weighted by Crippen LogP contribution is 2.26. The van der Waals surface area contributed by atoms with Crippen LogP contribution in [0.1, 0.15) is 40.5 Å². The first kappa shape index (κ1) is 18.3. The van der Waals surface area contributed by atoms with Gasteiger partial charge in [-0.25, -0.2) is 4.79 Å². The van der Waals surface area contributed by atoms with Crippen molar-refractivity contribution in [1.82, 2.24) is 0 Å². The number of carbonyl (C=O) groups excluding carboxylic acids is 3. The molecule has 1 saturated heterocycles. The summed E-state index contributed by atoms with van der Waals surface area (Å²) in [7, 11) is 0. The van der Waals surface area contributed by atoms with E-state index in [-0.39, 0.29) is 11.7 Å². The van der Waals surface area contributed by atoms with E-state index in [1.165, 1.54) is 0 Å². The minimum atomic E-state index is -0.925. The molecule has 0 saturated carbocycles. The Morgan fingerprint density at radius 3 is 2.46 bits per heavy atom. The molecule has 0 N–H and O–H groups in total. The molecule has 0 radical (unpaired) electrons. The number of hydrogen-bond acceptors (Lipinski definition) is 4. The van der Waals surface area contributed by atoms with Crippen LogP contribution in [0, 0.1) is 0 Å². The summed E-state index contributed by atoms with van der Waals surface area (Å²) in [6.07, 6.45) is 0.314. The van der Waals surface area contributed by atoms with Crippen LogP contribution in [0.25, 0.3) is 0 Å². The summed E-state index contributed by atoms with van der Waals surface area (Å²) in [5.74, 6) is -0.900. The number of benzene rings is 2. The Hall–Kier alpha value is -2.47. The van der Waals surface area contributed by atoms with Crippen molar-refractivity contribution in [3.05, 3.63) is 64.1 Å². The van der Waals surface area contributed by atoms with E-state index in [0.717, 1.165) is 10.9 Å². The number of nitrogens with zero attached hydrogens (tertiary/aromatic N) is 1. The maximum absolute atomic E-state index is 12.6. The number of halogens is 1.